The number of carbonyl (C=O) groups excluding carboxylic acids is 2. The van der Waals surface area contributed by atoms with Gasteiger partial charge in [-0.25, -0.2) is 5.10 Å². The molecule has 3 N–H and O–H groups in total. The summed E-state index contributed by atoms with van der Waals surface area (Å²) in [6.07, 6.45) is 1.99. The molecule has 10 heavy (non-hydrogen) atoms. The Morgan fingerprint density at radius 1 is 1.70 bits per heavy atom. The SMILES string of the molecule is NC(=O)NC1=NN=[C-]C1=O. The Balaban J connectivity index is 2.61. The van der Waals surface area contributed by atoms with Gasteiger partial charge in [-0.2, -0.15) is 0 Å². The molecule has 0 unspecified atom stereocenters. The third kappa shape index (κ3) is 1.16. The lowest BCUT2D eigenvalue weighted by molar-refractivity contribution is -0.107. The van der Waals surface area contributed by atoms with Crippen LogP contribution in [0.5, 0.6) is 0 Å². The average molecular weight is 139 g/mol. The van der Waals surface area contributed by atoms with E-state index >= 15 is 0 Å². The van der Waals surface area contributed by atoms with Gasteiger partial charge in [-0.15, -0.1) is 0 Å². The Kier molecular flexibility index (Phi) is 1.44. The molecule has 2 amide bonds. The second kappa shape index (κ2) is 2.26. The van der Waals surface area contributed by atoms with Crippen LogP contribution in [0, 0.1) is 0 Å². The summed E-state index contributed by atoms with van der Waals surface area (Å²) in [6.45, 7) is 0. The molecule has 0 spiro atoms. The summed E-state index contributed by atoms with van der Waals surface area (Å²) in [5.74, 6) is -0.758. The fraction of sp³-hybridized carbons (Fsp3) is 0. The van der Waals surface area contributed by atoms with Crippen molar-refractivity contribution in [3.63, 3.8) is 0 Å². The summed E-state index contributed by atoms with van der Waals surface area (Å²) in [5, 5.41) is 8.32. The average Bonchev–Trinajstić information content (AvgIpc) is 2.15. The van der Waals surface area contributed by atoms with Crippen LogP contribution in [0.3, 0.4) is 0 Å². The number of Topliss-reactive ketones (excluding diaryl/α,β-unsaturated/α-hetero) is 1. The molecule has 1 aliphatic heterocycles. The summed E-state index contributed by atoms with van der Waals surface area (Å²) in [7, 11) is 0. The van der Waals surface area contributed by atoms with Gasteiger partial charge in [-0.3, -0.25) is 9.90 Å². The van der Waals surface area contributed by atoms with Crippen molar-refractivity contribution in [3.05, 3.63) is 0 Å². The summed E-state index contributed by atoms with van der Waals surface area (Å²) in [4.78, 5) is 20.6. The second-order valence-corrected chi connectivity index (χ2v) is 1.48. The lowest BCUT2D eigenvalue weighted by Gasteiger charge is -2.03. The number of primary amides is 1. The van der Waals surface area contributed by atoms with Crippen molar-refractivity contribution < 1.29 is 9.59 Å². The maximum atomic E-state index is 10.5. The highest BCUT2D eigenvalue weighted by Gasteiger charge is 2.01. The van der Waals surface area contributed by atoms with Gasteiger partial charge < -0.3 is 15.8 Å². The number of nitrogens with two attached hydrogens (primary N) is 1. The molecular weight excluding hydrogens is 136 g/mol. The van der Waals surface area contributed by atoms with Crippen LogP contribution in [0.1, 0.15) is 0 Å². The Hall–Kier alpha value is -1.72. The lowest BCUT2D eigenvalue weighted by atomic mass is 10.4. The molecule has 0 saturated heterocycles. The van der Waals surface area contributed by atoms with E-state index in [9.17, 15) is 9.59 Å². The van der Waals surface area contributed by atoms with Crippen LogP contribution in [-0.2, 0) is 4.79 Å². The van der Waals surface area contributed by atoms with Gasteiger partial charge in [-0.05, 0) is 0 Å². The van der Waals surface area contributed by atoms with Gasteiger partial charge in [0.05, 0.1) is 5.78 Å². The van der Waals surface area contributed by atoms with Crippen LogP contribution < -0.4 is 11.1 Å². The van der Waals surface area contributed by atoms with E-state index in [-0.39, 0.29) is 5.84 Å². The summed E-state index contributed by atoms with van der Waals surface area (Å²) >= 11 is 0. The van der Waals surface area contributed by atoms with Crippen molar-refractivity contribution in [2.75, 3.05) is 0 Å². The maximum Gasteiger partial charge on any atom is 0.301 e. The van der Waals surface area contributed by atoms with Crippen LogP contribution in [0.4, 0.5) is 4.79 Å². The second-order valence-electron chi connectivity index (χ2n) is 1.48. The molecule has 0 aromatic heterocycles. The predicted octanol–water partition coefficient (Wildman–Crippen LogP) is -1.50. The molecule has 6 heteroatoms. The first-order chi connectivity index (χ1) is 4.70. The summed E-state index contributed by atoms with van der Waals surface area (Å²) < 4.78 is 0. The van der Waals surface area contributed by atoms with Crippen LogP contribution >= 0.6 is 0 Å². The Bertz CT molecular complexity index is 242. The topological polar surface area (TPSA) is 96.9 Å². The number of nitrogens with one attached hydrogen (secondary N) is 1. The number of hydrogen-bond donors (Lipinski definition) is 2. The van der Waals surface area contributed by atoms with Gasteiger partial charge >= 0.3 is 6.03 Å². The number of urea groups is 1. The Morgan fingerprint density at radius 3 is 2.80 bits per heavy atom. The number of amides is 2. The van der Waals surface area contributed by atoms with Gasteiger partial charge in [0.15, 0.2) is 0 Å². The molecule has 0 bridgehead atoms. The van der Waals surface area contributed by atoms with Gasteiger partial charge in [0.1, 0.15) is 0 Å². The van der Waals surface area contributed by atoms with Gasteiger partial charge in [-0.1, -0.05) is 6.21 Å². The number of carbonyl (C=O) groups is 2. The zero-order valence-corrected chi connectivity index (χ0v) is 4.79. The Labute approximate surface area is 55.8 Å². The number of ketones is 1. The minimum absolute atomic E-state index is 0.187. The number of nitrogens with zero attached hydrogens (tertiary/aromatic N) is 2. The molecule has 0 radical (unpaired) electrons. The first-order valence-corrected chi connectivity index (χ1v) is 2.34. The van der Waals surface area contributed by atoms with Crippen molar-refractivity contribution in [1.82, 2.24) is 5.32 Å². The summed E-state index contributed by atoms with van der Waals surface area (Å²) in [6, 6.07) is -0.842. The molecule has 1 heterocycles. The standard InChI is InChI=1S/C4H3N4O2/c5-4(10)7-3-2(9)1-6-8-3/h(H3,5,7,8,9,10)/q-1. The smallest absolute Gasteiger partial charge is 0.301 e. The Morgan fingerprint density at radius 2 is 2.40 bits per heavy atom. The fourth-order valence-electron chi connectivity index (χ4n) is 0.417. The van der Waals surface area contributed by atoms with Gasteiger partial charge in [0.2, 0.25) is 0 Å². The zero-order chi connectivity index (χ0) is 7.56. The van der Waals surface area contributed by atoms with E-state index in [0.29, 0.717) is 0 Å². The highest BCUT2D eigenvalue weighted by Crippen LogP contribution is 1.85. The van der Waals surface area contributed by atoms with Crippen molar-refractivity contribution >= 4 is 23.9 Å². The fourth-order valence-corrected chi connectivity index (χ4v) is 0.417. The lowest BCUT2D eigenvalue weighted by Crippen LogP contribution is -2.38. The van der Waals surface area contributed by atoms with Gasteiger partial charge in [0, 0.05) is 5.84 Å². The molecule has 0 aliphatic carbocycles. The third-order valence-corrected chi connectivity index (χ3v) is 0.758. The van der Waals surface area contributed by atoms with Crippen LogP contribution in [0.2, 0.25) is 0 Å². The molecule has 52 valence electrons. The third-order valence-electron chi connectivity index (χ3n) is 0.758. The minimum Gasteiger partial charge on any atom is -0.366 e. The van der Waals surface area contributed by atoms with E-state index in [2.05, 4.69) is 15.9 Å². The number of rotatable bonds is 0. The quantitative estimate of drug-likeness (QED) is 0.399. The van der Waals surface area contributed by atoms with E-state index in [0.717, 1.165) is 0 Å². The van der Waals surface area contributed by atoms with Crippen molar-refractivity contribution in [2.24, 2.45) is 15.9 Å². The maximum absolute atomic E-state index is 10.5. The highest BCUT2D eigenvalue weighted by molar-refractivity contribution is 6.62. The molecular formula is C4H3N4O2-. The van der Waals surface area contributed by atoms with E-state index in [4.69, 9.17) is 0 Å². The van der Waals surface area contributed by atoms with E-state index < -0.39 is 11.8 Å². The zero-order valence-electron chi connectivity index (χ0n) is 4.79. The molecule has 1 aliphatic rings. The molecule has 6 nitrogen and oxygen atoms in total. The minimum atomic E-state index is -0.842. The van der Waals surface area contributed by atoms with Gasteiger partial charge in [0.25, 0.3) is 0 Å². The normalized spacial score (nSPS) is 15.2. The highest BCUT2D eigenvalue weighted by atomic mass is 16.2. The van der Waals surface area contributed by atoms with E-state index in [1.807, 2.05) is 11.5 Å². The molecule has 1 rings (SSSR count). The molecule has 0 saturated carbocycles. The molecule has 0 fully saturated rings. The predicted molar refractivity (Wildman–Crippen MR) is 32.6 cm³/mol. The van der Waals surface area contributed by atoms with Crippen LogP contribution in [0.15, 0.2) is 10.2 Å². The first-order valence-electron chi connectivity index (χ1n) is 2.34. The summed E-state index contributed by atoms with van der Waals surface area (Å²) in [5.41, 5.74) is 4.68. The number of hydrogen-bond acceptors (Lipinski definition) is 4. The van der Waals surface area contributed by atoms with Crippen molar-refractivity contribution in [1.29, 1.82) is 0 Å². The molecule has 0 aromatic rings. The first kappa shape index (κ1) is 6.40. The monoisotopic (exact) mass is 139 g/mol. The number of amidine groups is 1. The van der Waals surface area contributed by atoms with Crippen molar-refractivity contribution in [3.8, 4) is 0 Å². The van der Waals surface area contributed by atoms with Crippen LogP contribution in [0.25, 0.3) is 0 Å². The molecule has 0 atom stereocenters. The van der Waals surface area contributed by atoms with Crippen LogP contribution in [-0.4, -0.2) is 23.9 Å². The van der Waals surface area contributed by atoms with Crippen molar-refractivity contribution in [2.45, 2.75) is 0 Å². The van der Waals surface area contributed by atoms with E-state index in [1.54, 1.807) is 0 Å². The van der Waals surface area contributed by atoms with E-state index in [1.165, 1.54) is 0 Å². The largest absolute Gasteiger partial charge is 0.366 e. The molecule has 0 aromatic carbocycles.